The van der Waals surface area contributed by atoms with E-state index in [2.05, 4.69) is 32.6 Å². The summed E-state index contributed by atoms with van der Waals surface area (Å²) in [6.07, 6.45) is 3.67. The van der Waals surface area contributed by atoms with Crippen molar-refractivity contribution >= 4 is 16.5 Å². The summed E-state index contributed by atoms with van der Waals surface area (Å²) >= 11 is 1.63. The molecule has 0 radical (unpaired) electrons. The van der Waals surface area contributed by atoms with E-state index in [1.54, 1.807) is 11.3 Å². The summed E-state index contributed by atoms with van der Waals surface area (Å²) < 4.78 is 5.90. The summed E-state index contributed by atoms with van der Waals surface area (Å²) in [6.45, 7) is 11.5. The van der Waals surface area contributed by atoms with Gasteiger partial charge in [-0.2, -0.15) is 0 Å². The number of aliphatic hydroxyl groups is 1. The molecule has 0 saturated carbocycles. The molecule has 2 heterocycles. The van der Waals surface area contributed by atoms with Crippen molar-refractivity contribution in [2.45, 2.75) is 65.1 Å². The molecule has 1 aliphatic rings. The van der Waals surface area contributed by atoms with Crippen LogP contribution in [0.1, 0.15) is 57.5 Å². The largest absolute Gasteiger partial charge is 0.391 e. The fraction of sp³-hybridized carbons (Fsp3) is 0.812. The summed E-state index contributed by atoms with van der Waals surface area (Å²) in [5.74, 6) is 0. The average molecular weight is 312 g/mol. The second-order valence-electron chi connectivity index (χ2n) is 6.76. The number of rotatable bonds is 5. The van der Waals surface area contributed by atoms with Crippen molar-refractivity contribution < 1.29 is 9.84 Å². The van der Waals surface area contributed by atoms with Gasteiger partial charge in [0.15, 0.2) is 5.13 Å². The first-order chi connectivity index (χ1) is 9.95. The Morgan fingerprint density at radius 3 is 2.76 bits per heavy atom. The van der Waals surface area contributed by atoms with Crippen LogP contribution in [0.15, 0.2) is 0 Å². The first kappa shape index (κ1) is 16.7. The monoisotopic (exact) mass is 312 g/mol. The van der Waals surface area contributed by atoms with Gasteiger partial charge in [-0.25, -0.2) is 4.98 Å². The van der Waals surface area contributed by atoms with Crippen LogP contribution >= 0.6 is 11.3 Å². The molecule has 21 heavy (non-hydrogen) atoms. The highest BCUT2D eigenvalue weighted by atomic mass is 32.1. The Morgan fingerprint density at radius 1 is 1.43 bits per heavy atom. The number of thiazole rings is 1. The van der Waals surface area contributed by atoms with Gasteiger partial charge in [0.1, 0.15) is 0 Å². The standard InChI is InChI=1S/C16H28N2O2S/c1-5-9-20-12-7-6-8-18(10-12)15-17-14(16(2,3)4)13(11-19)21-15/h12,19H,5-11H2,1-4H3. The number of aliphatic hydroxyl groups excluding tert-OH is 1. The number of anilines is 1. The predicted octanol–water partition coefficient (Wildman–Crippen LogP) is 3.33. The second-order valence-corrected chi connectivity index (χ2v) is 7.82. The summed E-state index contributed by atoms with van der Waals surface area (Å²) in [4.78, 5) is 8.14. The maximum absolute atomic E-state index is 9.59. The molecule has 1 aromatic rings. The van der Waals surface area contributed by atoms with Crippen LogP contribution in [-0.2, 0) is 16.8 Å². The lowest BCUT2D eigenvalue weighted by Crippen LogP contribution is -2.39. The Kier molecular flexibility index (Phi) is 5.63. The smallest absolute Gasteiger partial charge is 0.185 e. The molecule has 1 N–H and O–H groups in total. The minimum Gasteiger partial charge on any atom is -0.391 e. The van der Waals surface area contributed by atoms with Gasteiger partial charge in [-0.1, -0.05) is 39.0 Å². The van der Waals surface area contributed by atoms with Crippen LogP contribution in [0.25, 0.3) is 0 Å². The van der Waals surface area contributed by atoms with Gasteiger partial charge >= 0.3 is 0 Å². The van der Waals surface area contributed by atoms with Crippen LogP contribution in [0.2, 0.25) is 0 Å². The SMILES string of the molecule is CCCOC1CCCN(c2nc(C(C)(C)C)c(CO)s2)C1. The molecule has 1 aromatic heterocycles. The van der Waals surface area contributed by atoms with E-state index in [4.69, 9.17) is 9.72 Å². The van der Waals surface area contributed by atoms with Gasteiger partial charge in [-0.3, -0.25) is 0 Å². The Bertz CT molecular complexity index is 454. The van der Waals surface area contributed by atoms with Gasteiger partial charge in [0, 0.05) is 25.1 Å². The molecule has 120 valence electrons. The van der Waals surface area contributed by atoms with Crippen molar-refractivity contribution in [1.29, 1.82) is 0 Å². The number of ether oxygens (including phenoxy) is 1. The molecule has 0 aliphatic carbocycles. The molecule has 0 aromatic carbocycles. The highest BCUT2D eigenvalue weighted by Gasteiger charge is 2.27. The zero-order valence-corrected chi connectivity index (χ0v) is 14.5. The zero-order valence-electron chi connectivity index (χ0n) is 13.7. The highest BCUT2D eigenvalue weighted by Crippen LogP contribution is 2.35. The lowest BCUT2D eigenvalue weighted by molar-refractivity contribution is 0.0440. The van der Waals surface area contributed by atoms with E-state index < -0.39 is 0 Å². The first-order valence-corrected chi connectivity index (χ1v) is 8.75. The lowest BCUT2D eigenvalue weighted by atomic mass is 9.91. The molecule has 1 unspecified atom stereocenters. The van der Waals surface area contributed by atoms with Crippen LogP contribution < -0.4 is 4.90 Å². The fourth-order valence-corrected chi connectivity index (χ4v) is 3.87. The quantitative estimate of drug-likeness (QED) is 0.906. The van der Waals surface area contributed by atoms with E-state index in [9.17, 15) is 5.11 Å². The summed E-state index contributed by atoms with van der Waals surface area (Å²) in [5, 5.41) is 10.6. The topological polar surface area (TPSA) is 45.6 Å². The second kappa shape index (κ2) is 7.07. The first-order valence-electron chi connectivity index (χ1n) is 7.93. The molecule has 1 aliphatic heterocycles. The van der Waals surface area contributed by atoms with E-state index in [-0.39, 0.29) is 12.0 Å². The number of piperidine rings is 1. The molecule has 1 fully saturated rings. The third-order valence-electron chi connectivity index (χ3n) is 3.75. The molecule has 5 heteroatoms. The highest BCUT2D eigenvalue weighted by molar-refractivity contribution is 7.15. The van der Waals surface area contributed by atoms with Crippen LogP contribution in [0.3, 0.4) is 0 Å². The molecule has 1 atom stereocenters. The fourth-order valence-electron chi connectivity index (χ4n) is 2.70. The summed E-state index contributed by atoms with van der Waals surface area (Å²) in [5.41, 5.74) is 1.00. The Morgan fingerprint density at radius 2 is 2.19 bits per heavy atom. The molecule has 2 rings (SSSR count). The van der Waals surface area contributed by atoms with E-state index in [0.29, 0.717) is 6.10 Å². The third-order valence-corrected chi connectivity index (χ3v) is 4.85. The normalized spacial score (nSPS) is 20.0. The van der Waals surface area contributed by atoms with Crippen LogP contribution in [0, 0.1) is 0 Å². The summed E-state index contributed by atoms with van der Waals surface area (Å²) in [7, 11) is 0. The number of aromatic nitrogens is 1. The van der Waals surface area contributed by atoms with Gasteiger partial charge in [-0.15, -0.1) is 0 Å². The van der Waals surface area contributed by atoms with Crippen molar-refractivity contribution in [2.75, 3.05) is 24.6 Å². The van der Waals surface area contributed by atoms with Gasteiger partial charge < -0.3 is 14.7 Å². The predicted molar refractivity (Wildman–Crippen MR) is 88.2 cm³/mol. The lowest BCUT2D eigenvalue weighted by Gasteiger charge is -2.32. The van der Waals surface area contributed by atoms with Crippen molar-refractivity contribution in [2.24, 2.45) is 0 Å². The van der Waals surface area contributed by atoms with Crippen molar-refractivity contribution in [1.82, 2.24) is 4.98 Å². The van der Waals surface area contributed by atoms with Gasteiger partial charge in [0.25, 0.3) is 0 Å². The molecule has 0 spiro atoms. The van der Waals surface area contributed by atoms with E-state index in [1.807, 2.05) is 0 Å². The van der Waals surface area contributed by atoms with E-state index in [1.165, 1.54) is 0 Å². The zero-order chi connectivity index (χ0) is 15.5. The van der Waals surface area contributed by atoms with Gasteiger partial charge in [0.2, 0.25) is 0 Å². The Hall–Kier alpha value is -0.650. The van der Waals surface area contributed by atoms with Gasteiger partial charge in [-0.05, 0) is 19.3 Å². The van der Waals surface area contributed by atoms with Gasteiger partial charge in [0.05, 0.1) is 23.3 Å². The number of hydrogen-bond donors (Lipinski definition) is 1. The molecule has 1 saturated heterocycles. The molecular weight excluding hydrogens is 284 g/mol. The molecule has 0 amide bonds. The van der Waals surface area contributed by atoms with E-state index in [0.717, 1.165) is 54.7 Å². The minimum atomic E-state index is -0.0271. The Labute approximate surface area is 132 Å². The van der Waals surface area contributed by atoms with Crippen LogP contribution in [0.5, 0.6) is 0 Å². The maximum atomic E-state index is 9.59. The molecular formula is C16H28N2O2S. The number of nitrogens with zero attached hydrogens (tertiary/aromatic N) is 2. The van der Waals surface area contributed by atoms with Crippen LogP contribution in [-0.4, -0.2) is 35.9 Å². The summed E-state index contributed by atoms with van der Waals surface area (Å²) in [6, 6.07) is 0. The molecule has 4 nitrogen and oxygen atoms in total. The van der Waals surface area contributed by atoms with Crippen LogP contribution in [0.4, 0.5) is 5.13 Å². The average Bonchev–Trinajstić information content (AvgIpc) is 2.90. The van der Waals surface area contributed by atoms with E-state index >= 15 is 0 Å². The van der Waals surface area contributed by atoms with Crippen molar-refractivity contribution in [3.05, 3.63) is 10.6 Å². The van der Waals surface area contributed by atoms with Crippen molar-refractivity contribution in [3.63, 3.8) is 0 Å². The third kappa shape index (κ3) is 4.18. The van der Waals surface area contributed by atoms with Crippen molar-refractivity contribution in [3.8, 4) is 0 Å². The Balaban J connectivity index is 2.12. The molecule has 0 bridgehead atoms. The number of hydrogen-bond acceptors (Lipinski definition) is 5. The maximum Gasteiger partial charge on any atom is 0.185 e. The minimum absolute atomic E-state index is 0.0271.